The van der Waals surface area contributed by atoms with Crippen LogP contribution in [-0.4, -0.2) is 24.8 Å². The normalized spacial score (nSPS) is 11.1. The SMILES string of the molecule is C[IH][Si](C)(c1ccccc1)c1ccccc1.[CH3][Ge]([c]1ccccc1)[c]1ccccc1. The van der Waals surface area contributed by atoms with Crippen molar-refractivity contribution in [3.8, 4) is 0 Å². The van der Waals surface area contributed by atoms with Crippen molar-refractivity contribution in [1.29, 1.82) is 0 Å². The molecule has 0 saturated heterocycles. The Labute approximate surface area is 196 Å². The topological polar surface area (TPSA) is 0 Å². The maximum absolute atomic E-state index is 2.51. The number of hydrogen-bond donors (Lipinski definition) is 0. The first kappa shape index (κ1) is 23.0. The molecule has 0 unspecified atom stereocenters. The zero-order valence-corrected chi connectivity index (χ0v) is 23.4. The summed E-state index contributed by atoms with van der Waals surface area (Å²) < 4.78 is 3.08. The van der Waals surface area contributed by atoms with Crippen molar-refractivity contribution in [2.24, 2.45) is 0 Å². The molecule has 4 aromatic rings. The van der Waals surface area contributed by atoms with Crippen molar-refractivity contribution in [2.75, 3.05) is 4.93 Å². The van der Waals surface area contributed by atoms with Gasteiger partial charge in [0.1, 0.15) is 0 Å². The fourth-order valence-corrected chi connectivity index (χ4v) is 15.9. The Bertz CT molecular complexity index is 913. The van der Waals surface area contributed by atoms with Gasteiger partial charge in [-0.2, -0.15) is 0 Å². The molecule has 0 bridgehead atoms. The van der Waals surface area contributed by atoms with Crippen LogP contribution >= 0.6 is 20.4 Å². The quantitative estimate of drug-likeness (QED) is 0.140. The maximum atomic E-state index is 2.51. The molecule has 0 amide bonds. The van der Waals surface area contributed by atoms with Crippen LogP contribution in [0, 0.1) is 0 Å². The first-order chi connectivity index (χ1) is 14.6. The van der Waals surface area contributed by atoms with E-state index in [4.69, 9.17) is 0 Å². The average molecular weight is 582 g/mol. The van der Waals surface area contributed by atoms with E-state index in [1.54, 1.807) is 19.2 Å². The number of hydrogen-bond acceptors (Lipinski definition) is 0. The molecule has 0 atom stereocenters. The monoisotopic (exact) mass is 583 g/mol. The number of benzene rings is 4. The van der Waals surface area contributed by atoms with Crippen LogP contribution in [0.1, 0.15) is 0 Å². The van der Waals surface area contributed by atoms with E-state index in [-0.39, 0.29) is 20.4 Å². The summed E-state index contributed by atoms with van der Waals surface area (Å²) in [4.78, 5) is 2.44. The van der Waals surface area contributed by atoms with Crippen LogP contribution in [0.5, 0.6) is 0 Å². The Hall–Kier alpha value is -1.63. The molecule has 0 aliphatic heterocycles. The van der Waals surface area contributed by atoms with Gasteiger partial charge in [0.05, 0.1) is 0 Å². The summed E-state index contributed by atoms with van der Waals surface area (Å²) in [5.74, 6) is 2.41. The van der Waals surface area contributed by atoms with Gasteiger partial charge >= 0.3 is 198 Å². The second kappa shape index (κ2) is 11.7. The van der Waals surface area contributed by atoms with Crippen molar-refractivity contribution >= 4 is 59.5 Å². The molecule has 0 aromatic heterocycles. The van der Waals surface area contributed by atoms with Gasteiger partial charge in [-0.15, -0.1) is 0 Å². The van der Waals surface area contributed by atoms with E-state index in [0.717, 1.165) is 0 Å². The third-order valence-corrected chi connectivity index (χ3v) is 25.2. The molecule has 1 radical (unpaired) electrons. The third kappa shape index (κ3) is 5.96. The Morgan fingerprint density at radius 3 is 1.13 bits per heavy atom. The van der Waals surface area contributed by atoms with Crippen molar-refractivity contribution < 1.29 is 0 Å². The zero-order chi connectivity index (χ0) is 21.2. The summed E-state index contributed by atoms with van der Waals surface area (Å²) in [7, 11) is 0. The van der Waals surface area contributed by atoms with Gasteiger partial charge in [0, 0.05) is 0 Å². The fourth-order valence-electron chi connectivity index (χ4n) is 3.46. The second-order valence-electron chi connectivity index (χ2n) is 7.33. The molecular formula is C27H30GeISi. The molecule has 0 heterocycles. The van der Waals surface area contributed by atoms with Crippen molar-refractivity contribution in [3.05, 3.63) is 121 Å². The molecular weight excluding hydrogens is 552 g/mol. The van der Waals surface area contributed by atoms with E-state index >= 15 is 0 Å². The van der Waals surface area contributed by atoms with Gasteiger partial charge in [-0.05, 0) is 0 Å². The fraction of sp³-hybridized carbons (Fsp3) is 0.111. The number of halogens is 1. The van der Waals surface area contributed by atoms with E-state index < -0.39 is 19.9 Å². The molecule has 3 heteroatoms. The van der Waals surface area contributed by atoms with Crippen LogP contribution in [0.25, 0.3) is 0 Å². The van der Waals surface area contributed by atoms with Crippen LogP contribution in [0.2, 0.25) is 12.3 Å². The Morgan fingerprint density at radius 1 is 0.533 bits per heavy atom. The van der Waals surface area contributed by atoms with Crippen LogP contribution in [0.4, 0.5) is 0 Å². The Balaban J connectivity index is 0.000000172. The van der Waals surface area contributed by atoms with Crippen LogP contribution < -0.4 is 19.2 Å². The summed E-state index contributed by atoms with van der Waals surface area (Å²) in [6, 6.07) is 43.9. The van der Waals surface area contributed by atoms with Gasteiger partial charge in [-0.25, -0.2) is 0 Å². The summed E-state index contributed by atoms with van der Waals surface area (Å²) >= 11 is -1.14. The van der Waals surface area contributed by atoms with E-state index in [1.165, 1.54) is 0 Å². The average Bonchev–Trinajstić information content (AvgIpc) is 2.85. The summed E-state index contributed by atoms with van der Waals surface area (Å²) in [6.45, 7) is 2.51. The third-order valence-electron chi connectivity index (χ3n) is 5.47. The predicted molar refractivity (Wildman–Crippen MR) is 149 cm³/mol. The molecule has 0 N–H and O–H groups in total. The van der Waals surface area contributed by atoms with Crippen LogP contribution in [0.3, 0.4) is 0 Å². The van der Waals surface area contributed by atoms with Gasteiger partial charge in [-0.3, -0.25) is 0 Å². The first-order valence-corrected chi connectivity index (χ1v) is 22.7. The zero-order valence-electron chi connectivity index (χ0n) is 18.0. The second-order valence-corrected chi connectivity index (χ2v) is 26.5. The summed E-state index contributed by atoms with van der Waals surface area (Å²) in [5.41, 5.74) is -1.35. The molecule has 4 aromatic carbocycles. The standard InChI is InChI=1S/C14H17ISi.C13H13Ge/c1-15-16(2,13-9-5-3-6-10-13)14-11-7-4-8-12-14;1-14(12-8-4-2-5-9-12)13-10-6-3-7-11-13/h3-12,15H,1-2H3;2-11H,1H3. The molecule has 0 aliphatic carbocycles. The van der Waals surface area contributed by atoms with Gasteiger partial charge < -0.3 is 0 Å². The van der Waals surface area contributed by atoms with E-state index in [1.807, 2.05) is 0 Å². The van der Waals surface area contributed by atoms with Gasteiger partial charge in [0.25, 0.3) is 0 Å². The first-order valence-electron chi connectivity index (χ1n) is 10.3. The summed E-state index contributed by atoms with van der Waals surface area (Å²) in [6.07, 6.45) is 0. The Morgan fingerprint density at radius 2 is 0.833 bits per heavy atom. The minimum atomic E-state index is -1.35. The van der Waals surface area contributed by atoms with Gasteiger partial charge in [-0.1, -0.05) is 0 Å². The van der Waals surface area contributed by atoms with Crippen LogP contribution in [-0.2, 0) is 0 Å². The molecule has 0 saturated carbocycles. The molecule has 0 nitrogen and oxygen atoms in total. The minimum absolute atomic E-state index is 0.0556. The van der Waals surface area contributed by atoms with Crippen molar-refractivity contribution in [1.82, 2.24) is 0 Å². The molecule has 0 fully saturated rings. The van der Waals surface area contributed by atoms with E-state index in [0.29, 0.717) is 0 Å². The molecule has 4 rings (SSSR count). The molecule has 153 valence electrons. The van der Waals surface area contributed by atoms with E-state index in [9.17, 15) is 0 Å². The number of rotatable bonds is 5. The summed E-state index contributed by atoms with van der Waals surface area (Å²) in [5, 5.41) is 3.18. The molecule has 0 aliphatic rings. The molecule has 30 heavy (non-hydrogen) atoms. The van der Waals surface area contributed by atoms with Crippen molar-refractivity contribution in [2.45, 2.75) is 12.3 Å². The van der Waals surface area contributed by atoms with Crippen LogP contribution in [0.15, 0.2) is 121 Å². The van der Waals surface area contributed by atoms with Gasteiger partial charge in [0.15, 0.2) is 0 Å². The molecule has 0 spiro atoms. The van der Waals surface area contributed by atoms with E-state index in [2.05, 4.69) is 139 Å². The number of alkyl halides is 1. The van der Waals surface area contributed by atoms with Crippen molar-refractivity contribution in [3.63, 3.8) is 0 Å². The van der Waals surface area contributed by atoms with Gasteiger partial charge in [0.2, 0.25) is 0 Å². The Kier molecular flexibility index (Phi) is 8.97. The predicted octanol–water partition coefficient (Wildman–Crippen LogP) is 4.63.